The van der Waals surface area contributed by atoms with Crippen LogP contribution in [0.1, 0.15) is 35.6 Å². The number of hydrogen-bond acceptors (Lipinski definition) is 4. The first-order chi connectivity index (χ1) is 11.1. The molecule has 5 heterocycles. The zero-order valence-corrected chi connectivity index (χ0v) is 13.3. The van der Waals surface area contributed by atoms with E-state index >= 15 is 0 Å². The maximum absolute atomic E-state index is 14.0. The highest BCUT2D eigenvalue weighted by Gasteiger charge is 2.38. The van der Waals surface area contributed by atoms with Gasteiger partial charge in [-0.05, 0) is 37.9 Å². The van der Waals surface area contributed by atoms with E-state index in [4.69, 9.17) is 0 Å². The molecule has 2 aromatic rings. The van der Waals surface area contributed by atoms with E-state index in [1.54, 1.807) is 4.68 Å². The summed E-state index contributed by atoms with van der Waals surface area (Å²) in [6.07, 6.45) is 2.39. The molecule has 0 aliphatic carbocycles. The van der Waals surface area contributed by atoms with Crippen molar-refractivity contribution in [2.24, 2.45) is 13.0 Å². The van der Waals surface area contributed by atoms with Crippen LogP contribution in [0.3, 0.4) is 0 Å². The van der Waals surface area contributed by atoms with Crippen LogP contribution in [0, 0.1) is 5.92 Å². The van der Waals surface area contributed by atoms with Gasteiger partial charge in [0.25, 0.3) is 0 Å². The predicted molar refractivity (Wildman–Crippen MR) is 84.6 cm³/mol. The summed E-state index contributed by atoms with van der Waals surface area (Å²) in [6, 6.07) is 2.05. The van der Waals surface area contributed by atoms with Crippen molar-refractivity contribution in [3.8, 4) is 5.75 Å². The second-order valence-electron chi connectivity index (χ2n) is 7.28. The summed E-state index contributed by atoms with van der Waals surface area (Å²) in [4.78, 5) is 2.48. The molecule has 1 N–H and O–H groups in total. The Labute approximate surface area is 134 Å². The lowest BCUT2D eigenvalue weighted by molar-refractivity contribution is 0.000686. The number of nitrogens with zero attached hydrogens (tertiary/aromatic N) is 4. The van der Waals surface area contributed by atoms with Gasteiger partial charge in [0.2, 0.25) is 0 Å². The van der Waals surface area contributed by atoms with Crippen LogP contribution in [-0.2, 0) is 20.1 Å². The molecule has 1 atom stereocenters. The minimum Gasteiger partial charge on any atom is -0.507 e. The van der Waals surface area contributed by atoms with E-state index in [1.165, 1.54) is 25.9 Å². The molecule has 6 heteroatoms. The van der Waals surface area contributed by atoms with Gasteiger partial charge in [-0.1, -0.05) is 0 Å². The van der Waals surface area contributed by atoms with E-state index < -0.39 is 0 Å². The number of halogens is 1. The minimum atomic E-state index is 0.149. The molecule has 4 aliphatic rings. The Balaban J connectivity index is 1.70. The highest BCUT2D eigenvalue weighted by atomic mass is 19.2. The van der Waals surface area contributed by atoms with Crippen LogP contribution in [0.4, 0.5) is 4.48 Å². The summed E-state index contributed by atoms with van der Waals surface area (Å²) in [6.45, 7) is 3.73. The molecule has 4 aliphatic heterocycles. The molecule has 3 saturated heterocycles. The number of fused-ring (bicyclic) bond motifs is 3. The smallest absolute Gasteiger partial charge is 0.124 e. The van der Waals surface area contributed by atoms with Gasteiger partial charge in [-0.25, -0.2) is 0 Å². The maximum Gasteiger partial charge on any atom is 0.124 e. The number of rotatable bonds is 1. The Hall–Kier alpha value is -1.66. The lowest BCUT2D eigenvalue weighted by Crippen LogP contribution is -2.46. The molecule has 1 aromatic heterocycles. The van der Waals surface area contributed by atoms with Crippen molar-refractivity contribution >= 4 is 10.9 Å². The topological polar surface area (TPSA) is 44.5 Å². The van der Waals surface area contributed by atoms with E-state index in [-0.39, 0.29) is 13.1 Å². The fourth-order valence-corrected chi connectivity index (χ4v) is 4.85. The molecule has 2 bridgehead atoms. The third kappa shape index (κ3) is 1.88. The second-order valence-corrected chi connectivity index (χ2v) is 7.28. The lowest BCUT2D eigenvalue weighted by Gasteiger charge is -2.45. The molecule has 0 saturated carbocycles. The van der Waals surface area contributed by atoms with Gasteiger partial charge in [0, 0.05) is 36.0 Å². The van der Waals surface area contributed by atoms with Crippen molar-refractivity contribution in [1.29, 1.82) is 0 Å². The molecule has 5 nitrogen and oxygen atoms in total. The SMILES string of the molecule is Cn1nc2cc(C3CN4CCC3CC4)c(O)c3c2c1CN(F)C3. The fourth-order valence-electron chi connectivity index (χ4n) is 4.85. The van der Waals surface area contributed by atoms with E-state index in [0.717, 1.165) is 33.8 Å². The number of piperidine rings is 3. The van der Waals surface area contributed by atoms with Gasteiger partial charge in [-0.15, -0.1) is 9.60 Å². The van der Waals surface area contributed by atoms with E-state index in [0.29, 0.717) is 23.1 Å². The first-order valence-corrected chi connectivity index (χ1v) is 8.45. The molecular weight excluding hydrogens is 295 g/mol. The molecule has 23 heavy (non-hydrogen) atoms. The van der Waals surface area contributed by atoms with Crippen LogP contribution in [0.2, 0.25) is 0 Å². The monoisotopic (exact) mass is 316 g/mol. The Bertz CT molecular complexity index is 794. The maximum atomic E-state index is 14.0. The summed E-state index contributed by atoms with van der Waals surface area (Å²) < 4.78 is 15.8. The highest BCUT2D eigenvalue weighted by Crippen LogP contribution is 2.46. The quantitative estimate of drug-likeness (QED) is 0.820. The number of phenols is 1. The summed E-state index contributed by atoms with van der Waals surface area (Å²) >= 11 is 0. The van der Waals surface area contributed by atoms with Crippen molar-refractivity contribution in [1.82, 2.24) is 19.8 Å². The van der Waals surface area contributed by atoms with Crippen LogP contribution in [0.25, 0.3) is 10.9 Å². The molecule has 3 fully saturated rings. The predicted octanol–water partition coefficient (Wildman–Crippen LogP) is 2.29. The molecular formula is C17H21FN4O. The van der Waals surface area contributed by atoms with Crippen molar-refractivity contribution in [2.45, 2.75) is 31.8 Å². The zero-order chi connectivity index (χ0) is 15.7. The number of aromatic hydroxyl groups is 1. The molecule has 0 radical (unpaired) electrons. The van der Waals surface area contributed by atoms with Crippen LogP contribution < -0.4 is 0 Å². The Morgan fingerprint density at radius 1 is 1.26 bits per heavy atom. The molecule has 1 aromatic carbocycles. The number of phenolic OH excluding ortho intramolecular Hbond substituents is 1. The fraction of sp³-hybridized carbons (Fsp3) is 0.588. The lowest BCUT2D eigenvalue weighted by atomic mass is 9.74. The van der Waals surface area contributed by atoms with Crippen LogP contribution >= 0.6 is 0 Å². The zero-order valence-electron chi connectivity index (χ0n) is 13.3. The number of hydrogen-bond donors (Lipinski definition) is 1. The van der Waals surface area contributed by atoms with Crippen LogP contribution in [0.5, 0.6) is 5.75 Å². The van der Waals surface area contributed by atoms with Gasteiger partial charge in [0.15, 0.2) is 0 Å². The molecule has 122 valence electrons. The number of aryl methyl sites for hydroxylation is 1. The summed E-state index contributed by atoms with van der Waals surface area (Å²) in [5.74, 6) is 1.27. The Kier molecular flexibility index (Phi) is 2.79. The first kappa shape index (κ1) is 13.7. The standard InChI is InChI=1S/C17H21FN4O/c1-20-15-9-22(18)8-13-16(15)14(19-20)6-11(17(13)23)12-7-21-4-2-10(12)3-5-21/h6,10,12,23H,2-5,7-9H2,1H3. The second kappa shape index (κ2) is 4.68. The molecule has 1 unspecified atom stereocenters. The van der Waals surface area contributed by atoms with E-state index in [1.807, 2.05) is 7.05 Å². The van der Waals surface area contributed by atoms with E-state index in [2.05, 4.69) is 16.1 Å². The first-order valence-electron chi connectivity index (χ1n) is 8.45. The normalized spacial score (nSPS) is 30.3. The highest BCUT2D eigenvalue weighted by molar-refractivity contribution is 5.89. The summed E-state index contributed by atoms with van der Waals surface area (Å²) in [5.41, 5.74) is 3.43. The molecule has 6 rings (SSSR count). The van der Waals surface area contributed by atoms with Gasteiger partial charge in [0.05, 0.1) is 24.3 Å². The van der Waals surface area contributed by atoms with Gasteiger partial charge < -0.3 is 10.0 Å². The van der Waals surface area contributed by atoms with E-state index in [9.17, 15) is 9.59 Å². The third-order valence-electron chi connectivity index (χ3n) is 6.05. The third-order valence-corrected chi connectivity index (χ3v) is 6.05. The minimum absolute atomic E-state index is 0.149. The Morgan fingerprint density at radius 3 is 2.74 bits per heavy atom. The summed E-state index contributed by atoms with van der Waals surface area (Å²) in [5, 5.41) is 17.2. The average Bonchev–Trinajstić information content (AvgIpc) is 2.88. The Morgan fingerprint density at radius 2 is 2.04 bits per heavy atom. The average molecular weight is 316 g/mol. The van der Waals surface area contributed by atoms with Crippen molar-refractivity contribution in [2.75, 3.05) is 19.6 Å². The van der Waals surface area contributed by atoms with Gasteiger partial charge >= 0.3 is 0 Å². The van der Waals surface area contributed by atoms with Crippen LogP contribution in [-0.4, -0.2) is 44.5 Å². The van der Waals surface area contributed by atoms with Gasteiger partial charge in [-0.3, -0.25) is 4.68 Å². The molecule has 0 spiro atoms. The van der Waals surface area contributed by atoms with Crippen LogP contribution in [0.15, 0.2) is 6.07 Å². The number of benzene rings is 1. The van der Waals surface area contributed by atoms with Gasteiger partial charge in [-0.2, -0.15) is 5.10 Å². The van der Waals surface area contributed by atoms with Crippen molar-refractivity contribution in [3.05, 3.63) is 22.9 Å². The van der Waals surface area contributed by atoms with Crippen molar-refractivity contribution in [3.63, 3.8) is 0 Å². The largest absolute Gasteiger partial charge is 0.507 e. The van der Waals surface area contributed by atoms with Crippen molar-refractivity contribution < 1.29 is 9.59 Å². The summed E-state index contributed by atoms with van der Waals surface area (Å²) in [7, 11) is 1.85. The molecule has 0 amide bonds. The number of aromatic nitrogens is 2. The van der Waals surface area contributed by atoms with Gasteiger partial charge in [0.1, 0.15) is 5.75 Å².